The number of hydrogen-bond acceptors (Lipinski definition) is 1. The molecule has 1 spiro atoms. The molecular weight excluding hydrogens is 138 g/mol. The summed E-state index contributed by atoms with van der Waals surface area (Å²) in [4.78, 5) is 11.5. The lowest BCUT2D eigenvalue weighted by Crippen LogP contribution is -2.56. The van der Waals surface area contributed by atoms with E-state index in [0.29, 0.717) is 5.91 Å². The summed E-state index contributed by atoms with van der Waals surface area (Å²) in [6.07, 6.45) is 4.94. The number of nitrogens with one attached hydrogen (secondary N) is 1. The number of hydrogen-bond donors (Lipinski definition) is 1. The van der Waals surface area contributed by atoms with Crippen molar-refractivity contribution < 1.29 is 4.79 Å². The zero-order valence-corrected chi connectivity index (χ0v) is 6.60. The van der Waals surface area contributed by atoms with Crippen molar-refractivity contribution >= 4 is 5.91 Å². The van der Waals surface area contributed by atoms with Crippen LogP contribution in [0, 0.1) is 17.3 Å². The molecule has 1 saturated heterocycles. The van der Waals surface area contributed by atoms with Gasteiger partial charge in [-0.1, -0.05) is 0 Å². The van der Waals surface area contributed by atoms with Crippen LogP contribution in [0.15, 0.2) is 0 Å². The van der Waals surface area contributed by atoms with Gasteiger partial charge in [-0.25, -0.2) is 0 Å². The molecular formula is C9H13NO. The van der Waals surface area contributed by atoms with E-state index in [-0.39, 0.29) is 5.41 Å². The number of carbonyl (C=O) groups is 1. The predicted octanol–water partition coefficient (Wildman–Crippen LogP) is 0.923. The summed E-state index contributed by atoms with van der Waals surface area (Å²) in [5.41, 5.74) is 0.142. The minimum atomic E-state index is 0.142. The summed E-state index contributed by atoms with van der Waals surface area (Å²) in [5, 5.41) is 2.99. The van der Waals surface area contributed by atoms with E-state index < -0.39 is 0 Å². The van der Waals surface area contributed by atoms with Crippen LogP contribution < -0.4 is 5.32 Å². The fraction of sp³-hybridized carbons (Fsp3) is 0.889. The standard InChI is InChI=1S/C9H13NO/c11-8-9-3-1-6(5-9)7(9)2-4-10-8/h6-7H,1-5H2,(H,10,11)/t6-,7+,9-/m0/s1. The third-order valence-corrected chi connectivity index (χ3v) is 4.06. The number of carbonyl (C=O) groups excluding carboxylic acids is 1. The molecule has 0 aromatic carbocycles. The topological polar surface area (TPSA) is 29.1 Å². The Hall–Kier alpha value is -0.530. The van der Waals surface area contributed by atoms with Crippen LogP contribution in [0.25, 0.3) is 0 Å². The second-order valence-corrected chi connectivity index (χ2v) is 4.31. The van der Waals surface area contributed by atoms with Gasteiger partial charge in [0.2, 0.25) is 5.91 Å². The maximum atomic E-state index is 11.5. The lowest BCUT2D eigenvalue weighted by Gasteiger charge is -2.49. The second-order valence-electron chi connectivity index (χ2n) is 4.31. The Morgan fingerprint density at radius 2 is 2.36 bits per heavy atom. The van der Waals surface area contributed by atoms with Crippen LogP contribution >= 0.6 is 0 Å². The second kappa shape index (κ2) is 1.62. The number of piperidine rings is 1. The SMILES string of the molecule is O=C1NCC[C@@H]2[C@H]3CC[C@@]12C3. The monoisotopic (exact) mass is 151 g/mol. The van der Waals surface area contributed by atoms with Crippen LogP contribution in [0.2, 0.25) is 0 Å². The van der Waals surface area contributed by atoms with Gasteiger partial charge in [0.1, 0.15) is 0 Å². The highest BCUT2D eigenvalue weighted by Gasteiger charge is 2.63. The largest absolute Gasteiger partial charge is 0.356 e. The molecule has 0 aromatic heterocycles. The van der Waals surface area contributed by atoms with E-state index in [9.17, 15) is 4.79 Å². The molecule has 2 nitrogen and oxygen atoms in total. The molecule has 3 saturated carbocycles. The van der Waals surface area contributed by atoms with Gasteiger partial charge in [-0.2, -0.15) is 0 Å². The molecule has 4 rings (SSSR count). The Balaban J connectivity index is 1.99. The van der Waals surface area contributed by atoms with Crippen LogP contribution in [-0.4, -0.2) is 12.5 Å². The Morgan fingerprint density at radius 1 is 1.45 bits per heavy atom. The minimum absolute atomic E-state index is 0.142. The molecule has 1 heterocycles. The molecule has 60 valence electrons. The van der Waals surface area contributed by atoms with E-state index in [1.54, 1.807) is 0 Å². The summed E-state index contributed by atoms with van der Waals surface area (Å²) >= 11 is 0. The van der Waals surface area contributed by atoms with E-state index in [1.165, 1.54) is 25.7 Å². The van der Waals surface area contributed by atoms with Crippen LogP contribution in [0.4, 0.5) is 0 Å². The Kier molecular flexibility index (Phi) is 0.890. The highest BCUT2D eigenvalue weighted by Crippen LogP contribution is 2.65. The van der Waals surface area contributed by atoms with Crippen LogP contribution in [-0.2, 0) is 4.79 Å². The van der Waals surface area contributed by atoms with Gasteiger partial charge in [0.15, 0.2) is 0 Å². The molecule has 3 atom stereocenters. The summed E-state index contributed by atoms with van der Waals surface area (Å²) in [6.45, 7) is 0.932. The fourth-order valence-electron chi connectivity index (χ4n) is 3.49. The normalized spacial score (nSPS) is 52.9. The molecule has 3 aliphatic carbocycles. The average Bonchev–Trinajstić information content (AvgIpc) is 2.51. The molecule has 1 N–H and O–H groups in total. The van der Waals surface area contributed by atoms with E-state index in [4.69, 9.17) is 0 Å². The van der Waals surface area contributed by atoms with Crippen molar-refractivity contribution in [3.8, 4) is 0 Å². The van der Waals surface area contributed by atoms with Crippen molar-refractivity contribution in [2.45, 2.75) is 25.7 Å². The Morgan fingerprint density at radius 3 is 3.09 bits per heavy atom. The van der Waals surface area contributed by atoms with Crippen molar-refractivity contribution in [3.63, 3.8) is 0 Å². The number of rotatable bonds is 0. The molecule has 2 bridgehead atoms. The number of amides is 1. The third-order valence-electron chi connectivity index (χ3n) is 4.06. The van der Waals surface area contributed by atoms with Gasteiger partial charge in [-0.15, -0.1) is 0 Å². The van der Waals surface area contributed by atoms with Crippen LogP contribution in [0.5, 0.6) is 0 Å². The van der Waals surface area contributed by atoms with Crippen molar-refractivity contribution in [3.05, 3.63) is 0 Å². The fourth-order valence-corrected chi connectivity index (χ4v) is 3.49. The molecule has 4 aliphatic rings. The Labute approximate surface area is 66.4 Å². The van der Waals surface area contributed by atoms with Gasteiger partial charge < -0.3 is 5.32 Å². The molecule has 2 heteroatoms. The summed E-state index contributed by atoms with van der Waals surface area (Å²) in [7, 11) is 0. The number of fused-ring (bicyclic) bond motifs is 1. The van der Waals surface area contributed by atoms with Gasteiger partial charge in [0.25, 0.3) is 0 Å². The van der Waals surface area contributed by atoms with Crippen molar-refractivity contribution in [2.75, 3.05) is 6.54 Å². The smallest absolute Gasteiger partial charge is 0.226 e. The summed E-state index contributed by atoms with van der Waals surface area (Å²) in [6, 6.07) is 0. The van der Waals surface area contributed by atoms with E-state index in [0.717, 1.165) is 18.4 Å². The first-order chi connectivity index (χ1) is 5.33. The molecule has 1 amide bonds. The first-order valence-electron chi connectivity index (χ1n) is 4.61. The Bertz CT molecular complexity index is 222. The van der Waals surface area contributed by atoms with Gasteiger partial charge >= 0.3 is 0 Å². The molecule has 0 unspecified atom stereocenters. The van der Waals surface area contributed by atoms with E-state index in [1.807, 2.05) is 0 Å². The lowest BCUT2D eigenvalue weighted by molar-refractivity contribution is -0.145. The molecule has 0 radical (unpaired) electrons. The zero-order valence-electron chi connectivity index (χ0n) is 6.60. The van der Waals surface area contributed by atoms with Gasteiger partial charge in [0.05, 0.1) is 5.41 Å². The molecule has 4 fully saturated rings. The van der Waals surface area contributed by atoms with Gasteiger partial charge in [-0.05, 0) is 37.5 Å². The van der Waals surface area contributed by atoms with Crippen LogP contribution in [0.3, 0.4) is 0 Å². The lowest BCUT2D eigenvalue weighted by atomic mass is 9.57. The summed E-state index contributed by atoms with van der Waals surface area (Å²) in [5.74, 6) is 2.06. The van der Waals surface area contributed by atoms with E-state index in [2.05, 4.69) is 5.32 Å². The predicted molar refractivity (Wildman–Crippen MR) is 40.9 cm³/mol. The van der Waals surface area contributed by atoms with Crippen LogP contribution in [0.1, 0.15) is 25.7 Å². The maximum Gasteiger partial charge on any atom is 0.226 e. The van der Waals surface area contributed by atoms with Crippen molar-refractivity contribution in [2.24, 2.45) is 17.3 Å². The van der Waals surface area contributed by atoms with Gasteiger partial charge in [-0.3, -0.25) is 4.79 Å². The highest BCUT2D eigenvalue weighted by molar-refractivity contribution is 5.85. The first-order valence-corrected chi connectivity index (χ1v) is 4.61. The average molecular weight is 151 g/mol. The molecule has 11 heavy (non-hydrogen) atoms. The minimum Gasteiger partial charge on any atom is -0.356 e. The molecule has 0 aromatic rings. The van der Waals surface area contributed by atoms with Crippen molar-refractivity contribution in [1.29, 1.82) is 0 Å². The maximum absolute atomic E-state index is 11.5. The van der Waals surface area contributed by atoms with Gasteiger partial charge in [0, 0.05) is 6.54 Å². The molecule has 1 aliphatic heterocycles. The quantitative estimate of drug-likeness (QED) is 0.548. The van der Waals surface area contributed by atoms with E-state index >= 15 is 0 Å². The van der Waals surface area contributed by atoms with Crippen molar-refractivity contribution in [1.82, 2.24) is 5.32 Å². The first kappa shape index (κ1) is 6.04. The summed E-state index contributed by atoms with van der Waals surface area (Å²) < 4.78 is 0. The zero-order chi connectivity index (χ0) is 7.47. The highest BCUT2D eigenvalue weighted by atomic mass is 16.2. The third kappa shape index (κ3) is 0.501.